The Labute approximate surface area is 114 Å². The molecule has 100 valence electrons. The van der Waals surface area contributed by atoms with E-state index in [1.54, 1.807) is 5.01 Å². The molecular formula is C16H20N2O. The molecule has 3 rings (SSSR count). The summed E-state index contributed by atoms with van der Waals surface area (Å²) in [6.45, 7) is 0. The molecule has 3 nitrogen and oxygen atoms in total. The Bertz CT molecular complexity index is 475. The fourth-order valence-corrected chi connectivity index (χ4v) is 3.00. The van der Waals surface area contributed by atoms with E-state index in [2.05, 4.69) is 29.4 Å². The number of rotatable bonds is 4. The Morgan fingerprint density at radius 3 is 2.58 bits per heavy atom. The molecule has 1 amide bonds. The summed E-state index contributed by atoms with van der Waals surface area (Å²) >= 11 is 0. The van der Waals surface area contributed by atoms with E-state index in [0.717, 1.165) is 31.4 Å². The van der Waals surface area contributed by atoms with Gasteiger partial charge in [-0.25, -0.2) is 5.01 Å². The second-order valence-corrected chi connectivity index (χ2v) is 5.51. The molecule has 1 aromatic carbocycles. The highest BCUT2D eigenvalue weighted by Gasteiger charge is 2.31. The molecule has 2 aliphatic rings. The van der Waals surface area contributed by atoms with E-state index < -0.39 is 0 Å². The van der Waals surface area contributed by atoms with Crippen molar-refractivity contribution < 1.29 is 4.79 Å². The summed E-state index contributed by atoms with van der Waals surface area (Å²) in [5, 5.41) is 6.34. The van der Waals surface area contributed by atoms with Crippen molar-refractivity contribution in [2.45, 2.75) is 51.0 Å². The molecule has 0 aromatic heterocycles. The van der Waals surface area contributed by atoms with Gasteiger partial charge in [-0.1, -0.05) is 43.2 Å². The first kappa shape index (κ1) is 12.4. The van der Waals surface area contributed by atoms with Crippen LogP contribution in [0.4, 0.5) is 0 Å². The normalized spacial score (nSPS) is 20.1. The van der Waals surface area contributed by atoms with Gasteiger partial charge in [0, 0.05) is 5.71 Å². The van der Waals surface area contributed by atoms with E-state index in [0.29, 0.717) is 12.5 Å². The van der Waals surface area contributed by atoms with Crippen LogP contribution < -0.4 is 0 Å². The van der Waals surface area contributed by atoms with Gasteiger partial charge in [-0.05, 0) is 31.2 Å². The molecule has 1 fully saturated rings. The van der Waals surface area contributed by atoms with E-state index in [1.165, 1.54) is 18.4 Å². The van der Waals surface area contributed by atoms with Crippen LogP contribution in [0.25, 0.3) is 0 Å². The molecule has 0 saturated heterocycles. The Balaban J connectivity index is 1.59. The van der Waals surface area contributed by atoms with E-state index in [-0.39, 0.29) is 5.91 Å². The average Bonchev–Trinajstić information content (AvgIpc) is 3.07. The van der Waals surface area contributed by atoms with Crippen molar-refractivity contribution in [2.24, 2.45) is 5.10 Å². The lowest BCUT2D eigenvalue weighted by Gasteiger charge is -2.19. The van der Waals surface area contributed by atoms with Crippen LogP contribution in [0.15, 0.2) is 35.4 Å². The van der Waals surface area contributed by atoms with Crippen molar-refractivity contribution in [3.8, 4) is 0 Å². The number of benzene rings is 1. The number of hydrazone groups is 1. The third kappa shape index (κ3) is 2.86. The highest BCUT2D eigenvalue weighted by Crippen LogP contribution is 2.27. The van der Waals surface area contributed by atoms with Gasteiger partial charge in [-0.15, -0.1) is 0 Å². The first-order chi connectivity index (χ1) is 9.33. The second kappa shape index (κ2) is 5.55. The maximum Gasteiger partial charge on any atom is 0.248 e. The molecule has 1 saturated carbocycles. The summed E-state index contributed by atoms with van der Waals surface area (Å²) < 4.78 is 0. The maximum atomic E-state index is 12.0. The first-order valence-electron chi connectivity index (χ1n) is 7.25. The quantitative estimate of drug-likeness (QED) is 0.814. The molecule has 0 unspecified atom stereocenters. The second-order valence-electron chi connectivity index (χ2n) is 5.51. The van der Waals surface area contributed by atoms with Gasteiger partial charge in [0.05, 0.1) is 12.5 Å². The van der Waals surface area contributed by atoms with Crippen LogP contribution in [0.2, 0.25) is 0 Å². The van der Waals surface area contributed by atoms with E-state index in [4.69, 9.17) is 0 Å². The number of hydrogen-bond donors (Lipinski definition) is 0. The minimum Gasteiger partial charge on any atom is -0.273 e. The zero-order valence-corrected chi connectivity index (χ0v) is 11.2. The monoisotopic (exact) mass is 256 g/mol. The van der Waals surface area contributed by atoms with Gasteiger partial charge < -0.3 is 0 Å². The summed E-state index contributed by atoms with van der Waals surface area (Å²) in [6.07, 6.45) is 7.14. The van der Waals surface area contributed by atoms with Gasteiger partial charge in [0.2, 0.25) is 5.91 Å². The summed E-state index contributed by atoms with van der Waals surface area (Å²) in [5.74, 6) is 0.204. The van der Waals surface area contributed by atoms with Crippen molar-refractivity contribution in [3.05, 3.63) is 35.9 Å². The number of nitrogens with zero attached hydrogens (tertiary/aromatic N) is 2. The van der Waals surface area contributed by atoms with Crippen LogP contribution in [0.5, 0.6) is 0 Å². The van der Waals surface area contributed by atoms with Crippen LogP contribution in [-0.2, 0) is 11.2 Å². The lowest BCUT2D eigenvalue weighted by atomic mass is 10.1. The van der Waals surface area contributed by atoms with Crippen LogP contribution >= 0.6 is 0 Å². The van der Waals surface area contributed by atoms with Gasteiger partial charge in [0.1, 0.15) is 0 Å². The van der Waals surface area contributed by atoms with Gasteiger partial charge in [0.25, 0.3) is 0 Å². The van der Waals surface area contributed by atoms with Crippen LogP contribution in [0.1, 0.15) is 44.1 Å². The molecule has 1 aliphatic carbocycles. The van der Waals surface area contributed by atoms with E-state index >= 15 is 0 Å². The molecule has 19 heavy (non-hydrogen) atoms. The highest BCUT2D eigenvalue weighted by atomic mass is 16.2. The molecule has 3 heteroatoms. The molecule has 0 bridgehead atoms. The minimum absolute atomic E-state index is 0.204. The number of hydrogen-bond acceptors (Lipinski definition) is 2. The number of carbonyl (C=O) groups is 1. The lowest BCUT2D eigenvalue weighted by Crippen LogP contribution is -2.30. The third-order valence-corrected chi connectivity index (χ3v) is 4.08. The van der Waals surface area contributed by atoms with Gasteiger partial charge in [-0.3, -0.25) is 4.79 Å². The van der Waals surface area contributed by atoms with Gasteiger partial charge in [-0.2, -0.15) is 5.10 Å². The zero-order chi connectivity index (χ0) is 13.1. The van der Waals surface area contributed by atoms with Crippen LogP contribution in [-0.4, -0.2) is 22.7 Å². The molecule has 1 aliphatic heterocycles. The highest BCUT2D eigenvalue weighted by molar-refractivity contribution is 6.05. The molecule has 0 radical (unpaired) electrons. The summed E-state index contributed by atoms with van der Waals surface area (Å²) in [6, 6.07) is 10.8. The first-order valence-corrected chi connectivity index (χ1v) is 7.25. The van der Waals surface area contributed by atoms with E-state index in [1.807, 2.05) is 6.07 Å². The van der Waals surface area contributed by atoms with E-state index in [9.17, 15) is 4.79 Å². The molecular weight excluding hydrogens is 236 g/mol. The molecule has 0 atom stereocenters. The summed E-state index contributed by atoms with van der Waals surface area (Å²) in [5.41, 5.74) is 2.37. The SMILES string of the molecule is O=C1CC(CCc2ccccc2)=NN1C1CCCC1. The predicted molar refractivity (Wildman–Crippen MR) is 75.9 cm³/mol. The third-order valence-electron chi connectivity index (χ3n) is 4.08. The fraction of sp³-hybridized carbons (Fsp3) is 0.500. The zero-order valence-electron chi connectivity index (χ0n) is 11.2. The largest absolute Gasteiger partial charge is 0.273 e. The van der Waals surface area contributed by atoms with Gasteiger partial charge >= 0.3 is 0 Å². The number of carbonyl (C=O) groups excluding carboxylic acids is 1. The molecule has 0 spiro atoms. The van der Waals surface area contributed by atoms with Crippen molar-refractivity contribution in [3.63, 3.8) is 0 Å². The molecule has 1 aromatic rings. The smallest absolute Gasteiger partial charge is 0.248 e. The number of aryl methyl sites for hydroxylation is 1. The Hall–Kier alpha value is -1.64. The summed E-state index contributed by atoms with van der Waals surface area (Å²) in [7, 11) is 0. The van der Waals surface area contributed by atoms with Crippen molar-refractivity contribution >= 4 is 11.6 Å². The van der Waals surface area contributed by atoms with Crippen molar-refractivity contribution in [1.82, 2.24) is 5.01 Å². The van der Waals surface area contributed by atoms with Crippen molar-refractivity contribution in [2.75, 3.05) is 0 Å². The standard InChI is InChI=1S/C16H20N2O/c19-16-12-14(11-10-13-6-2-1-3-7-13)17-18(16)15-8-4-5-9-15/h1-3,6-7,15H,4-5,8-12H2. The Morgan fingerprint density at radius 1 is 1.11 bits per heavy atom. The molecule has 1 heterocycles. The molecule has 0 N–H and O–H groups in total. The fourth-order valence-electron chi connectivity index (χ4n) is 3.00. The summed E-state index contributed by atoms with van der Waals surface area (Å²) in [4.78, 5) is 12.0. The number of amides is 1. The predicted octanol–water partition coefficient (Wildman–Crippen LogP) is 3.15. The topological polar surface area (TPSA) is 32.7 Å². The minimum atomic E-state index is 0.204. The lowest BCUT2D eigenvalue weighted by molar-refractivity contribution is -0.130. The average molecular weight is 256 g/mol. The van der Waals surface area contributed by atoms with Crippen LogP contribution in [0, 0.1) is 0 Å². The van der Waals surface area contributed by atoms with Gasteiger partial charge in [0.15, 0.2) is 0 Å². The van der Waals surface area contributed by atoms with Crippen LogP contribution in [0.3, 0.4) is 0 Å². The van der Waals surface area contributed by atoms with Crippen molar-refractivity contribution in [1.29, 1.82) is 0 Å². The maximum absolute atomic E-state index is 12.0. The Kier molecular flexibility index (Phi) is 3.62. The Morgan fingerprint density at radius 2 is 1.84 bits per heavy atom.